The highest BCUT2D eigenvalue weighted by Crippen LogP contribution is 2.53. The molecule has 4 rings (SSSR count). The zero-order valence-electron chi connectivity index (χ0n) is 16.7. The standard InChI is InChI=1S/C20H31BN4O4/c22-18(23)24-13-1-2-16(29-21-28)25-17(26)14-3-5-15(6-4-14)19-7-10-20(27,11-8-19)12-9-19/h3-6,16,21,27-28H,1-2,7-13H2,(H,25,26)(H4,22,23,24)/t16-,19?,20?/m1/s1. The first-order valence-corrected chi connectivity index (χ1v) is 10.3. The second-order valence-corrected chi connectivity index (χ2v) is 8.32. The molecule has 9 heteroatoms. The Labute approximate surface area is 172 Å². The van der Waals surface area contributed by atoms with Crippen LogP contribution in [0.25, 0.3) is 0 Å². The third-order valence-electron chi connectivity index (χ3n) is 6.49. The summed E-state index contributed by atoms with van der Waals surface area (Å²) in [6.07, 6.45) is 6.04. The van der Waals surface area contributed by atoms with Crippen molar-refractivity contribution in [1.82, 2.24) is 10.6 Å². The lowest BCUT2D eigenvalue weighted by atomic mass is 9.56. The lowest BCUT2D eigenvalue weighted by molar-refractivity contribution is -0.0660. The molecule has 3 saturated carbocycles. The van der Waals surface area contributed by atoms with E-state index < -0.39 is 19.5 Å². The van der Waals surface area contributed by atoms with Crippen molar-refractivity contribution in [2.45, 2.75) is 68.6 Å². The van der Waals surface area contributed by atoms with Gasteiger partial charge in [-0.15, -0.1) is 0 Å². The summed E-state index contributed by atoms with van der Waals surface area (Å²) >= 11 is 0. The lowest BCUT2D eigenvalue weighted by Gasteiger charge is -2.51. The van der Waals surface area contributed by atoms with Gasteiger partial charge in [-0.25, -0.2) is 0 Å². The van der Waals surface area contributed by atoms with Crippen LogP contribution >= 0.6 is 0 Å². The van der Waals surface area contributed by atoms with E-state index in [0.717, 1.165) is 38.5 Å². The summed E-state index contributed by atoms with van der Waals surface area (Å²) < 4.78 is 5.20. The van der Waals surface area contributed by atoms with Crippen molar-refractivity contribution in [1.29, 1.82) is 5.41 Å². The Morgan fingerprint density at radius 3 is 2.38 bits per heavy atom. The van der Waals surface area contributed by atoms with Crippen LogP contribution in [0.5, 0.6) is 0 Å². The van der Waals surface area contributed by atoms with Gasteiger partial charge in [0.15, 0.2) is 5.96 Å². The van der Waals surface area contributed by atoms with Gasteiger partial charge in [0.2, 0.25) is 0 Å². The van der Waals surface area contributed by atoms with Crippen molar-refractivity contribution in [2.24, 2.45) is 5.73 Å². The minimum absolute atomic E-state index is 0.103. The van der Waals surface area contributed by atoms with Crippen LogP contribution in [0.3, 0.4) is 0 Å². The first-order valence-electron chi connectivity index (χ1n) is 10.3. The summed E-state index contributed by atoms with van der Waals surface area (Å²) in [5, 5.41) is 32.1. The molecule has 2 bridgehead atoms. The largest absolute Gasteiger partial charge is 0.436 e. The number of carbonyl (C=O) groups excluding carboxylic acids is 1. The van der Waals surface area contributed by atoms with E-state index in [-0.39, 0.29) is 17.3 Å². The maximum Gasteiger partial charge on any atom is 0.436 e. The Hall–Kier alpha value is -2.10. The normalized spacial score (nSPS) is 26.6. The van der Waals surface area contributed by atoms with Gasteiger partial charge < -0.3 is 31.2 Å². The van der Waals surface area contributed by atoms with Crippen molar-refractivity contribution in [2.75, 3.05) is 6.54 Å². The molecule has 1 aromatic rings. The first kappa shape index (κ1) is 21.6. The fraction of sp³-hybridized carbons (Fsp3) is 0.600. The predicted molar refractivity (Wildman–Crippen MR) is 112 cm³/mol. The van der Waals surface area contributed by atoms with Gasteiger partial charge in [-0.2, -0.15) is 0 Å². The van der Waals surface area contributed by atoms with Crippen LogP contribution in [-0.2, 0) is 10.1 Å². The van der Waals surface area contributed by atoms with E-state index in [4.69, 9.17) is 20.8 Å². The van der Waals surface area contributed by atoms with E-state index in [0.29, 0.717) is 24.9 Å². The van der Waals surface area contributed by atoms with E-state index in [1.54, 1.807) is 0 Å². The molecule has 1 amide bonds. The minimum atomic E-state index is -0.617. The Morgan fingerprint density at radius 2 is 1.83 bits per heavy atom. The van der Waals surface area contributed by atoms with Gasteiger partial charge in [0, 0.05) is 12.1 Å². The third kappa shape index (κ3) is 5.29. The summed E-state index contributed by atoms with van der Waals surface area (Å²) in [4.78, 5) is 12.6. The zero-order chi connectivity index (χ0) is 20.9. The number of hydrogen-bond donors (Lipinski definition) is 6. The highest BCUT2D eigenvalue weighted by Gasteiger charge is 2.48. The second-order valence-electron chi connectivity index (χ2n) is 8.32. The predicted octanol–water partition coefficient (Wildman–Crippen LogP) is 0.618. The molecule has 7 N–H and O–H groups in total. The number of nitrogens with one attached hydrogen (secondary N) is 3. The van der Waals surface area contributed by atoms with Gasteiger partial charge in [-0.3, -0.25) is 10.2 Å². The molecule has 0 aliphatic heterocycles. The zero-order valence-corrected chi connectivity index (χ0v) is 16.7. The smallest absolute Gasteiger partial charge is 0.430 e. The summed E-state index contributed by atoms with van der Waals surface area (Å²) in [6, 6.07) is 7.73. The fourth-order valence-corrected chi connectivity index (χ4v) is 4.60. The Kier molecular flexibility index (Phi) is 6.82. The van der Waals surface area contributed by atoms with Crippen LogP contribution in [0.4, 0.5) is 0 Å². The number of rotatable bonds is 9. The average Bonchev–Trinajstić information content (AvgIpc) is 2.72. The lowest BCUT2D eigenvalue weighted by Crippen LogP contribution is -2.48. The molecule has 3 aliphatic rings. The summed E-state index contributed by atoms with van der Waals surface area (Å²) in [7, 11) is -0.487. The molecule has 3 aliphatic carbocycles. The third-order valence-corrected chi connectivity index (χ3v) is 6.49. The molecule has 0 heterocycles. The van der Waals surface area contributed by atoms with Crippen molar-refractivity contribution in [3.8, 4) is 0 Å². The van der Waals surface area contributed by atoms with Crippen molar-refractivity contribution in [3.63, 3.8) is 0 Å². The van der Waals surface area contributed by atoms with E-state index in [1.165, 1.54) is 5.56 Å². The molecule has 8 nitrogen and oxygen atoms in total. The Balaban J connectivity index is 1.57. The van der Waals surface area contributed by atoms with Gasteiger partial charge in [0.05, 0.1) is 5.60 Å². The maximum absolute atomic E-state index is 12.6. The number of guanidine groups is 1. The van der Waals surface area contributed by atoms with Crippen molar-refractivity contribution < 1.29 is 19.6 Å². The maximum atomic E-state index is 12.6. The second kappa shape index (κ2) is 9.15. The van der Waals surface area contributed by atoms with Crippen LogP contribution in [0, 0.1) is 5.41 Å². The molecule has 1 atom stereocenters. The number of carbonyl (C=O) groups is 1. The molecule has 158 valence electrons. The van der Waals surface area contributed by atoms with E-state index in [1.807, 2.05) is 24.3 Å². The number of fused-ring (bicyclic) bond motifs is 3. The van der Waals surface area contributed by atoms with Gasteiger partial charge in [0.25, 0.3) is 5.91 Å². The molecular formula is C20H31BN4O4. The highest BCUT2D eigenvalue weighted by molar-refractivity contribution is 6.16. The summed E-state index contributed by atoms with van der Waals surface area (Å²) in [6.45, 7) is 0.488. The summed E-state index contributed by atoms with van der Waals surface area (Å²) in [5.41, 5.74) is 6.70. The molecule has 0 saturated heterocycles. The number of amides is 1. The Morgan fingerprint density at radius 1 is 1.21 bits per heavy atom. The molecule has 0 aromatic heterocycles. The van der Waals surface area contributed by atoms with E-state index >= 15 is 0 Å². The number of hydrogen-bond acceptors (Lipinski definition) is 5. The molecule has 29 heavy (non-hydrogen) atoms. The van der Waals surface area contributed by atoms with Crippen LogP contribution in [0.1, 0.15) is 67.3 Å². The van der Waals surface area contributed by atoms with Gasteiger partial charge >= 0.3 is 7.69 Å². The number of benzene rings is 1. The van der Waals surface area contributed by atoms with Crippen LogP contribution < -0.4 is 16.4 Å². The fourth-order valence-electron chi connectivity index (χ4n) is 4.60. The van der Waals surface area contributed by atoms with Gasteiger partial charge in [-0.1, -0.05) is 12.1 Å². The summed E-state index contributed by atoms with van der Waals surface area (Å²) in [5.74, 6) is -0.359. The van der Waals surface area contributed by atoms with Crippen LogP contribution in [0.15, 0.2) is 24.3 Å². The van der Waals surface area contributed by atoms with E-state index in [9.17, 15) is 9.90 Å². The SMILES string of the molecule is N=C(N)NCCC[C@H](NC(=O)c1ccc(C23CCC(O)(CC2)CC3)cc1)OBO. The average molecular weight is 402 g/mol. The van der Waals surface area contributed by atoms with Crippen LogP contribution in [0.2, 0.25) is 0 Å². The monoisotopic (exact) mass is 402 g/mol. The molecule has 0 radical (unpaired) electrons. The van der Waals surface area contributed by atoms with Gasteiger partial charge in [-0.05, 0) is 74.5 Å². The van der Waals surface area contributed by atoms with Crippen molar-refractivity contribution in [3.05, 3.63) is 35.4 Å². The topological polar surface area (TPSA) is 141 Å². The molecular weight excluding hydrogens is 371 g/mol. The molecule has 0 spiro atoms. The number of aliphatic hydroxyl groups is 1. The van der Waals surface area contributed by atoms with E-state index in [2.05, 4.69) is 10.6 Å². The highest BCUT2D eigenvalue weighted by atomic mass is 16.5. The quantitative estimate of drug-likeness (QED) is 0.118. The van der Waals surface area contributed by atoms with Gasteiger partial charge in [0.1, 0.15) is 6.23 Å². The minimum Gasteiger partial charge on any atom is -0.430 e. The van der Waals surface area contributed by atoms with Crippen LogP contribution in [-0.4, -0.2) is 48.1 Å². The van der Waals surface area contributed by atoms with Crippen molar-refractivity contribution >= 4 is 19.6 Å². The number of nitrogens with two attached hydrogens (primary N) is 1. The first-order chi connectivity index (χ1) is 13.9. The molecule has 0 unspecified atom stereocenters. The molecule has 1 aromatic carbocycles. The molecule has 3 fully saturated rings. The Bertz CT molecular complexity index is 703.